The number of urea groups is 1. The monoisotopic (exact) mass is 648 g/mol. The van der Waals surface area contributed by atoms with Crippen molar-refractivity contribution >= 4 is 41.2 Å². The van der Waals surface area contributed by atoms with Crippen LogP contribution in [0.5, 0.6) is 11.6 Å². The lowest BCUT2D eigenvalue weighted by Gasteiger charge is -2.48. The van der Waals surface area contributed by atoms with Gasteiger partial charge in [-0.3, -0.25) is 0 Å². The number of piperidine rings is 1. The Hall–Kier alpha value is -4.19. The minimum absolute atomic E-state index is 0.0721. The summed E-state index contributed by atoms with van der Waals surface area (Å²) < 4.78 is 32.1. The second-order valence-electron chi connectivity index (χ2n) is 12.0. The number of ether oxygens (including phenoxy) is 3. The fourth-order valence-corrected chi connectivity index (χ4v) is 6.14. The normalized spacial score (nSPS) is 17.1. The highest BCUT2D eigenvalue weighted by atomic mass is 35.5. The summed E-state index contributed by atoms with van der Waals surface area (Å²) >= 11 is 6.47. The number of fused-ring (bicyclic) bond motifs is 1. The van der Waals surface area contributed by atoms with Crippen LogP contribution in [-0.4, -0.2) is 67.3 Å². The first-order valence-electron chi connectivity index (χ1n) is 15.5. The molecule has 1 spiro atoms. The Morgan fingerprint density at radius 1 is 1.11 bits per heavy atom. The number of amides is 2. The average molecular weight is 649 g/mol. The molecule has 10 nitrogen and oxygen atoms in total. The van der Waals surface area contributed by atoms with E-state index in [1.807, 2.05) is 19.1 Å². The molecule has 2 saturated heterocycles. The van der Waals surface area contributed by atoms with Crippen LogP contribution < -0.4 is 31.3 Å². The van der Waals surface area contributed by atoms with Gasteiger partial charge in [-0.25, -0.2) is 19.2 Å². The molecule has 0 bridgehead atoms. The highest BCUT2D eigenvalue weighted by Gasteiger charge is 2.39. The van der Waals surface area contributed by atoms with Gasteiger partial charge in [0.15, 0.2) is 5.76 Å². The fourth-order valence-electron chi connectivity index (χ4n) is 5.92. The van der Waals surface area contributed by atoms with Crippen LogP contribution in [0.3, 0.4) is 0 Å². The van der Waals surface area contributed by atoms with Crippen molar-refractivity contribution in [1.82, 2.24) is 20.2 Å². The van der Waals surface area contributed by atoms with Crippen molar-refractivity contribution in [3.05, 3.63) is 81.2 Å². The van der Waals surface area contributed by atoms with E-state index in [-0.39, 0.29) is 10.7 Å². The van der Waals surface area contributed by atoms with E-state index in [9.17, 15) is 9.18 Å². The average Bonchev–Trinajstić information content (AvgIpc) is 3.21. The molecule has 2 aromatic carbocycles. The first-order valence-corrected chi connectivity index (χ1v) is 15.9. The van der Waals surface area contributed by atoms with Crippen molar-refractivity contribution in [3.8, 4) is 11.6 Å². The smallest absolute Gasteiger partial charge is 0.323 e. The molecular formula is C34H38ClFN6O4. The largest absolute Gasteiger partial charge is 0.497 e. The van der Waals surface area contributed by atoms with Crippen molar-refractivity contribution in [1.29, 1.82) is 0 Å². The van der Waals surface area contributed by atoms with Gasteiger partial charge >= 0.3 is 6.03 Å². The van der Waals surface area contributed by atoms with Crippen LogP contribution in [0, 0.1) is 18.2 Å². The quantitative estimate of drug-likeness (QED) is 0.266. The van der Waals surface area contributed by atoms with Crippen LogP contribution >= 0.6 is 11.6 Å². The lowest BCUT2D eigenvalue weighted by atomic mass is 9.73. The molecule has 3 heterocycles. The van der Waals surface area contributed by atoms with Crippen LogP contribution in [-0.2, 0) is 9.47 Å². The maximum absolute atomic E-state index is 14.1. The zero-order valence-electron chi connectivity index (χ0n) is 26.0. The standard InChI is InChI=1S/C34H38ClFN6O4/c1-22-4-7-26(36)29(16-22)41-33(43)40-27-8-5-23(17-25(27)35)46-32-24-6-9-30(44-2)31(18-28(24)38-21-39-32)45-15-3-12-42-13-10-34(11-14-42)19-37-20-34/h4-8,16-18,21,37H,3,9-15,19-20H2,1-2H3,(H2,40,41,43). The van der Waals surface area contributed by atoms with Gasteiger partial charge in [-0.15, -0.1) is 0 Å². The summed E-state index contributed by atoms with van der Waals surface area (Å²) in [6.07, 6.45) is 9.17. The number of hydrogen-bond acceptors (Lipinski definition) is 8. The number of carbonyl (C=O) groups excluding carboxylic acids is 1. The molecule has 1 aromatic heterocycles. The van der Waals surface area contributed by atoms with Crippen molar-refractivity contribution in [2.45, 2.75) is 32.6 Å². The van der Waals surface area contributed by atoms with Crippen LogP contribution in [0.15, 0.2) is 54.2 Å². The van der Waals surface area contributed by atoms with E-state index in [1.54, 1.807) is 37.4 Å². The molecule has 0 saturated carbocycles. The SMILES string of the molecule is COC1=C(OCCCN2CCC3(CC2)CNC3)C=c2ncnc(Oc3ccc(NC(=O)Nc4cc(C)ccc4F)c(Cl)c3)c2=CC1. The van der Waals surface area contributed by atoms with E-state index in [2.05, 4.69) is 30.8 Å². The fraction of sp³-hybridized carbons (Fsp3) is 0.382. The Morgan fingerprint density at radius 2 is 1.91 bits per heavy atom. The Labute approximate surface area is 272 Å². The number of halogens is 2. The van der Waals surface area contributed by atoms with Crippen molar-refractivity contribution in [2.24, 2.45) is 5.41 Å². The molecule has 3 N–H and O–H groups in total. The topological polar surface area (TPSA) is 110 Å². The van der Waals surface area contributed by atoms with E-state index in [4.69, 9.17) is 25.8 Å². The number of likely N-dealkylation sites (tertiary alicyclic amines) is 1. The number of carbonyl (C=O) groups is 1. The highest BCUT2D eigenvalue weighted by molar-refractivity contribution is 6.34. The molecule has 3 aliphatic rings. The number of nitrogens with one attached hydrogen (secondary N) is 3. The summed E-state index contributed by atoms with van der Waals surface area (Å²) in [6.45, 7) is 8.02. The molecule has 6 rings (SSSR count). The van der Waals surface area contributed by atoms with E-state index in [0.717, 1.165) is 31.6 Å². The van der Waals surface area contributed by atoms with Crippen molar-refractivity contribution in [2.75, 3.05) is 57.1 Å². The molecule has 242 valence electrons. The minimum Gasteiger partial charge on any atom is -0.497 e. The summed E-state index contributed by atoms with van der Waals surface area (Å²) in [5.74, 6) is 1.55. The Balaban J connectivity index is 1.08. The van der Waals surface area contributed by atoms with Gasteiger partial charge in [0.05, 0.1) is 40.7 Å². The molecule has 2 amide bonds. The maximum atomic E-state index is 14.1. The van der Waals surface area contributed by atoms with Gasteiger partial charge in [0.2, 0.25) is 5.88 Å². The predicted molar refractivity (Wildman–Crippen MR) is 176 cm³/mol. The lowest BCUT2D eigenvalue weighted by molar-refractivity contribution is 0.0517. The van der Waals surface area contributed by atoms with Gasteiger partial charge in [-0.2, -0.15) is 0 Å². The summed E-state index contributed by atoms with van der Waals surface area (Å²) in [5.41, 5.74) is 1.76. The van der Waals surface area contributed by atoms with Gasteiger partial charge < -0.3 is 35.1 Å². The molecule has 3 aromatic rings. The molecule has 46 heavy (non-hydrogen) atoms. The molecule has 2 aliphatic heterocycles. The van der Waals surface area contributed by atoms with Gasteiger partial charge in [0.1, 0.15) is 23.7 Å². The molecule has 1 aliphatic carbocycles. The third-order valence-corrected chi connectivity index (χ3v) is 9.04. The van der Waals surface area contributed by atoms with Crippen LogP contribution in [0.4, 0.5) is 20.6 Å². The van der Waals surface area contributed by atoms with Crippen molar-refractivity contribution in [3.63, 3.8) is 0 Å². The molecular weight excluding hydrogens is 611 g/mol. The van der Waals surface area contributed by atoms with E-state index < -0.39 is 11.8 Å². The minimum atomic E-state index is -0.628. The number of hydrogen-bond donors (Lipinski definition) is 3. The van der Waals surface area contributed by atoms with Crippen LogP contribution in [0.2, 0.25) is 5.02 Å². The Kier molecular flexibility index (Phi) is 9.72. The van der Waals surface area contributed by atoms with Crippen LogP contribution in [0.1, 0.15) is 31.2 Å². The highest BCUT2D eigenvalue weighted by Crippen LogP contribution is 2.35. The number of nitrogens with zero attached hydrogens (tertiary/aromatic N) is 3. The van der Waals surface area contributed by atoms with Gasteiger partial charge in [-0.05, 0) is 74.5 Å². The molecule has 2 fully saturated rings. The third kappa shape index (κ3) is 7.43. The number of rotatable bonds is 10. The van der Waals surface area contributed by atoms with Crippen molar-refractivity contribution < 1.29 is 23.4 Å². The zero-order valence-corrected chi connectivity index (χ0v) is 26.8. The number of benzene rings is 2. The second kappa shape index (κ2) is 14.1. The summed E-state index contributed by atoms with van der Waals surface area (Å²) in [4.78, 5) is 23.9. The number of aryl methyl sites for hydroxylation is 1. The number of allylic oxidation sites excluding steroid dienone is 2. The van der Waals surface area contributed by atoms with Gasteiger partial charge in [0, 0.05) is 38.2 Å². The third-order valence-electron chi connectivity index (χ3n) is 8.73. The van der Waals surface area contributed by atoms with E-state index in [1.165, 1.54) is 38.3 Å². The Bertz CT molecular complexity index is 1750. The molecule has 0 unspecified atom stereocenters. The summed E-state index contributed by atoms with van der Waals surface area (Å²) in [7, 11) is 1.63. The summed E-state index contributed by atoms with van der Waals surface area (Å²) in [6, 6.07) is 8.66. The van der Waals surface area contributed by atoms with Gasteiger partial charge in [-0.1, -0.05) is 23.7 Å². The second-order valence-corrected chi connectivity index (χ2v) is 12.4. The molecule has 12 heteroatoms. The maximum Gasteiger partial charge on any atom is 0.323 e. The van der Waals surface area contributed by atoms with E-state index in [0.29, 0.717) is 57.8 Å². The zero-order chi connectivity index (χ0) is 32.1. The van der Waals surface area contributed by atoms with Gasteiger partial charge in [0.25, 0.3) is 0 Å². The van der Waals surface area contributed by atoms with E-state index >= 15 is 0 Å². The number of aromatic nitrogens is 2. The summed E-state index contributed by atoms with van der Waals surface area (Å²) in [5, 5.41) is 10.1. The number of anilines is 2. The molecule has 0 radical (unpaired) electrons. The lowest BCUT2D eigenvalue weighted by Crippen LogP contribution is -2.58. The predicted octanol–water partition coefficient (Wildman–Crippen LogP) is 4.93. The Morgan fingerprint density at radius 3 is 2.65 bits per heavy atom. The number of methoxy groups -OCH3 is 1. The first-order chi connectivity index (χ1) is 22.3. The van der Waals surface area contributed by atoms with Crippen LogP contribution in [0.25, 0.3) is 12.2 Å². The first kappa shape index (κ1) is 31.8. The molecule has 0 atom stereocenters.